The smallest absolute Gasteiger partial charge is 0.266 e. The van der Waals surface area contributed by atoms with E-state index in [0.29, 0.717) is 17.9 Å². The molecule has 0 atom stereocenters. The van der Waals surface area contributed by atoms with E-state index < -0.39 is 5.92 Å². The van der Waals surface area contributed by atoms with Crippen LogP contribution in [0.5, 0.6) is 0 Å². The van der Waals surface area contributed by atoms with Crippen molar-refractivity contribution < 1.29 is 8.78 Å². The number of halogens is 2. The molecule has 0 aliphatic carbocycles. The molecule has 1 aromatic rings. The molecule has 0 spiro atoms. The van der Waals surface area contributed by atoms with E-state index in [1.54, 1.807) is 11.1 Å². The molecule has 15 heavy (non-hydrogen) atoms. The molecule has 0 bridgehead atoms. The van der Waals surface area contributed by atoms with Crippen LogP contribution in [0.25, 0.3) is 0 Å². The standard InChI is InChI=1S/C9H12F2N4/c10-9(11)1-2-15(5-9)8-7(3-12)4-13-6-14-8/h4,6H,1-3,5,12H2. The van der Waals surface area contributed by atoms with E-state index in [2.05, 4.69) is 9.97 Å². The fourth-order valence-electron chi connectivity index (χ4n) is 1.70. The Kier molecular flexibility index (Phi) is 2.52. The Morgan fingerprint density at radius 3 is 2.93 bits per heavy atom. The van der Waals surface area contributed by atoms with Crippen LogP contribution in [-0.4, -0.2) is 29.0 Å². The normalized spacial score (nSPS) is 19.5. The quantitative estimate of drug-likeness (QED) is 0.790. The minimum atomic E-state index is -2.61. The number of anilines is 1. The number of hydrogen-bond acceptors (Lipinski definition) is 4. The van der Waals surface area contributed by atoms with E-state index in [9.17, 15) is 8.78 Å². The Hall–Kier alpha value is -1.30. The summed E-state index contributed by atoms with van der Waals surface area (Å²) in [6, 6.07) is 0. The van der Waals surface area contributed by atoms with E-state index >= 15 is 0 Å². The van der Waals surface area contributed by atoms with Gasteiger partial charge < -0.3 is 10.6 Å². The first kappa shape index (κ1) is 10.2. The van der Waals surface area contributed by atoms with E-state index in [1.807, 2.05) is 0 Å². The van der Waals surface area contributed by atoms with Gasteiger partial charge in [-0.25, -0.2) is 18.7 Å². The van der Waals surface area contributed by atoms with Crippen LogP contribution in [0.4, 0.5) is 14.6 Å². The Bertz CT molecular complexity index is 356. The Labute approximate surface area is 86.1 Å². The highest BCUT2D eigenvalue weighted by Crippen LogP contribution is 2.30. The lowest BCUT2D eigenvalue weighted by Crippen LogP contribution is -2.27. The fraction of sp³-hybridized carbons (Fsp3) is 0.556. The topological polar surface area (TPSA) is 55.0 Å². The molecule has 6 heteroatoms. The summed E-state index contributed by atoms with van der Waals surface area (Å²) in [5.41, 5.74) is 6.20. The summed E-state index contributed by atoms with van der Waals surface area (Å²) in [5.74, 6) is -2.08. The maximum Gasteiger partial charge on any atom is 0.266 e. The van der Waals surface area contributed by atoms with Crippen molar-refractivity contribution >= 4 is 5.82 Å². The van der Waals surface area contributed by atoms with Crippen molar-refractivity contribution in [3.05, 3.63) is 18.1 Å². The summed E-state index contributed by atoms with van der Waals surface area (Å²) in [5, 5.41) is 0. The molecule has 1 aromatic heterocycles. The van der Waals surface area contributed by atoms with Gasteiger partial charge in [0.15, 0.2) is 0 Å². The van der Waals surface area contributed by atoms with Crippen LogP contribution in [-0.2, 0) is 6.54 Å². The minimum absolute atomic E-state index is 0.124. The molecular formula is C9H12F2N4. The van der Waals surface area contributed by atoms with E-state index in [0.717, 1.165) is 0 Å². The van der Waals surface area contributed by atoms with Gasteiger partial charge in [-0.2, -0.15) is 0 Å². The Morgan fingerprint density at radius 2 is 2.33 bits per heavy atom. The zero-order valence-electron chi connectivity index (χ0n) is 8.16. The van der Waals surface area contributed by atoms with Crippen molar-refractivity contribution in [3.8, 4) is 0 Å². The summed E-state index contributed by atoms with van der Waals surface area (Å²) in [4.78, 5) is 9.38. The summed E-state index contributed by atoms with van der Waals surface area (Å²) in [7, 11) is 0. The summed E-state index contributed by atoms with van der Waals surface area (Å²) < 4.78 is 26.0. The predicted octanol–water partition coefficient (Wildman–Crippen LogP) is 0.781. The third-order valence-electron chi connectivity index (χ3n) is 2.45. The van der Waals surface area contributed by atoms with Crippen LogP contribution in [0, 0.1) is 0 Å². The van der Waals surface area contributed by atoms with Gasteiger partial charge in [0, 0.05) is 31.3 Å². The maximum absolute atomic E-state index is 13.0. The summed E-state index contributed by atoms with van der Waals surface area (Å²) in [6.45, 7) is 0.298. The second-order valence-corrected chi connectivity index (χ2v) is 3.60. The molecular weight excluding hydrogens is 202 g/mol. The minimum Gasteiger partial charge on any atom is -0.350 e. The number of hydrogen-bond donors (Lipinski definition) is 1. The molecule has 2 rings (SSSR count). The third-order valence-corrected chi connectivity index (χ3v) is 2.45. The molecule has 0 amide bonds. The van der Waals surface area contributed by atoms with E-state index in [-0.39, 0.29) is 19.5 Å². The van der Waals surface area contributed by atoms with Crippen molar-refractivity contribution in [2.24, 2.45) is 5.73 Å². The first-order valence-corrected chi connectivity index (χ1v) is 4.74. The molecule has 0 radical (unpaired) electrons. The van der Waals surface area contributed by atoms with Gasteiger partial charge in [-0.05, 0) is 0 Å². The lowest BCUT2D eigenvalue weighted by molar-refractivity contribution is 0.0256. The molecule has 1 saturated heterocycles. The molecule has 0 aromatic carbocycles. The highest BCUT2D eigenvalue weighted by Gasteiger charge is 2.39. The van der Waals surface area contributed by atoms with Gasteiger partial charge in [-0.15, -0.1) is 0 Å². The van der Waals surface area contributed by atoms with Crippen molar-refractivity contribution in [1.82, 2.24) is 9.97 Å². The molecule has 1 aliphatic heterocycles. The molecule has 0 unspecified atom stereocenters. The van der Waals surface area contributed by atoms with Crippen LogP contribution in [0.3, 0.4) is 0 Å². The second-order valence-electron chi connectivity index (χ2n) is 3.60. The second kappa shape index (κ2) is 3.69. The van der Waals surface area contributed by atoms with Crippen LogP contribution in [0.15, 0.2) is 12.5 Å². The fourth-order valence-corrected chi connectivity index (χ4v) is 1.70. The largest absolute Gasteiger partial charge is 0.350 e. The molecule has 0 saturated carbocycles. The monoisotopic (exact) mass is 214 g/mol. The van der Waals surface area contributed by atoms with Gasteiger partial charge in [-0.3, -0.25) is 0 Å². The average Bonchev–Trinajstić information content (AvgIpc) is 2.59. The summed E-state index contributed by atoms with van der Waals surface area (Å²) >= 11 is 0. The number of rotatable bonds is 2. The molecule has 2 heterocycles. The Morgan fingerprint density at radius 1 is 1.53 bits per heavy atom. The van der Waals surface area contributed by atoms with Crippen LogP contribution in [0.2, 0.25) is 0 Å². The zero-order valence-corrected chi connectivity index (χ0v) is 8.16. The van der Waals surface area contributed by atoms with Crippen molar-refractivity contribution in [3.63, 3.8) is 0 Å². The summed E-state index contributed by atoms with van der Waals surface area (Å²) in [6.07, 6.45) is 2.80. The van der Waals surface area contributed by atoms with Gasteiger partial charge in [0.1, 0.15) is 12.1 Å². The van der Waals surface area contributed by atoms with Crippen molar-refractivity contribution in [1.29, 1.82) is 0 Å². The molecule has 1 aliphatic rings. The SMILES string of the molecule is NCc1cncnc1N1CCC(F)(F)C1. The van der Waals surface area contributed by atoms with E-state index in [4.69, 9.17) is 5.73 Å². The van der Waals surface area contributed by atoms with E-state index in [1.165, 1.54) is 6.33 Å². The predicted molar refractivity (Wildman–Crippen MR) is 51.7 cm³/mol. The van der Waals surface area contributed by atoms with Gasteiger partial charge in [0.05, 0.1) is 6.54 Å². The van der Waals surface area contributed by atoms with Crippen LogP contribution >= 0.6 is 0 Å². The van der Waals surface area contributed by atoms with Gasteiger partial charge in [0.25, 0.3) is 5.92 Å². The molecule has 2 N–H and O–H groups in total. The molecule has 4 nitrogen and oxygen atoms in total. The van der Waals surface area contributed by atoms with Gasteiger partial charge in [-0.1, -0.05) is 0 Å². The number of aromatic nitrogens is 2. The first-order valence-electron chi connectivity index (χ1n) is 4.74. The molecule has 82 valence electrons. The Balaban J connectivity index is 2.23. The van der Waals surface area contributed by atoms with Crippen LogP contribution < -0.4 is 10.6 Å². The lowest BCUT2D eigenvalue weighted by atomic mass is 10.3. The highest BCUT2D eigenvalue weighted by molar-refractivity contribution is 5.46. The molecule has 1 fully saturated rings. The number of nitrogens with two attached hydrogens (primary N) is 1. The maximum atomic E-state index is 13.0. The number of nitrogens with zero attached hydrogens (tertiary/aromatic N) is 3. The zero-order chi connectivity index (χ0) is 10.9. The van der Waals surface area contributed by atoms with Crippen molar-refractivity contribution in [2.45, 2.75) is 18.9 Å². The van der Waals surface area contributed by atoms with Crippen LogP contribution in [0.1, 0.15) is 12.0 Å². The first-order chi connectivity index (χ1) is 7.12. The number of alkyl halides is 2. The average molecular weight is 214 g/mol. The van der Waals surface area contributed by atoms with Gasteiger partial charge in [0.2, 0.25) is 0 Å². The highest BCUT2D eigenvalue weighted by atomic mass is 19.3. The van der Waals surface area contributed by atoms with Gasteiger partial charge >= 0.3 is 0 Å². The van der Waals surface area contributed by atoms with Crippen molar-refractivity contribution in [2.75, 3.05) is 18.0 Å². The lowest BCUT2D eigenvalue weighted by Gasteiger charge is -2.19. The third kappa shape index (κ3) is 2.04.